The highest BCUT2D eigenvalue weighted by Gasteiger charge is 2.20. The van der Waals surface area contributed by atoms with Gasteiger partial charge in [-0.25, -0.2) is 9.97 Å². The first-order valence-electron chi connectivity index (χ1n) is 8.61. The van der Waals surface area contributed by atoms with Gasteiger partial charge < -0.3 is 10.2 Å². The zero-order valence-electron chi connectivity index (χ0n) is 14.8. The second-order valence-corrected chi connectivity index (χ2v) is 7.13. The normalized spacial score (nSPS) is 17.4. The minimum Gasteiger partial charge on any atom is -0.356 e. The van der Waals surface area contributed by atoms with Crippen LogP contribution < -0.4 is 10.2 Å². The molecule has 1 unspecified atom stereocenters. The van der Waals surface area contributed by atoms with Crippen LogP contribution in [-0.2, 0) is 0 Å². The summed E-state index contributed by atoms with van der Waals surface area (Å²) >= 11 is 6.13. The Bertz CT molecular complexity index is 793. The number of hydrogen-bond donors (Lipinski definition) is 1. The molecule has 5 nitrogen and oxygen atoms in total. The van der Waals surface area contributed by atoms with Gasteiger partial charge in [-0.15, -0.1) is 0 Å². The molecule has 0 aliphatic carbocycles. The van der Waals surface area contributed by atoms with Crippen LogP contribution in [0.3, 0.4) is 0 Å². The van der Waals surface area contributed by atoms with Crippen LogP contribution in [0, 0.1) is 19.8 Å². The van der Waals surface area contributed by atoms with Crippen molar-refractivity contribution in [2.75, 3.05) is 23.3 Å². The van der Waals surface area contributed by atoms with E-state index in [9.17, 15) is 4.79 Å². The Balaban J connectivity index is 1.84. The third-order valence-corrected chi connectivity index (χ3v) is 4.96. The fraction of sp³-hybridized carbons (Fsp3) is 0.421. The minimum absolute atomic E-state index is 0.248. The van der Waals surface area contributed by atoms with Gasteiger partial charge in [0.1, 0.15) is 17.3 Å². The molecule has 3 rings (SSSR count). The Kier molecular flexibility index (Phi) is 5.23. The Morgan fingerprint density at radius 1 is 1.32 bits per heavy atom. The fourth-order valence-corrected chi connectivity index (χ4v) is 3.33. The number of nitrogens with one attached hydrogen (secondary N) is 1. The van der Waals surface area contributed by atoms with Gasteiger partial charge in [0, 0.05) is 29.9 Å². The van der Waals surface area contributed by atoms with Gasteiger partial charge in [-0.1, -0.05) is 24.6 Å². The van der Waals surface area contributed by atoms with Crippen LogP contribution in [0.1, 0.15) is 41.6 Å². The molecule has 0 bridgehead atoms. The molecule has 6 heteroatoms. The molecule has 1 amide bonds. The van der Waals surface area contributed by atoms with Crippen LogP contribution in [0.15, 0.2) is 24.3 Å². The number of carbonyl (C=O) groups excluding carboxylic acids is 1. The van der Waals surface area contributed by atoms with E-state index in [0.29, 0.717) is 28.1 Å². The molecule has 1 saturated heterocycles. The summed E-state index contributed by atoms with van der Waals surface area (Å²) in [6.07, 6.45) is 2.38. The maximum atomic E-state index is 12.7. The molecule has 1 aromatic heterocycles. The van der Waals surface area contributed by atoms with Crippen molar-refractivity contribution in [3.63, 3.8) is 0 Å². The number of hydrogen-bond acceptors (Lipinski definition) is 4. The predicted octanol–water partition coefficient (Wildman–Crippen LogP) is 4.24. The van der Waals surface area contributed by atoms with E-state index in [2.05, 4.69) is 27.1 Å². The molecule has 1 fully saturated rings. The highest BCUT2D eigenvalue weighted by Crippen LogP contribution is 2.25. The molecule has 132 valence electrons. The van der Waals surface area contributed by atoms with Crippen LogP contribution in [-0.4, -0.2) is 29.0 Å². The number of carbonyl (C=O) groups is 1. The number of piperidine rings is 1. The topological polar surface area (TPSA) is 58.1 Å². The number of aryl methyl sites for hydroxylation is 1. The Morgan fingerprint density at radius 2 is 2.12 bits per heavy atom. The Hall–Kier alpha value is -2.14. The third-order valence-electron chi connectivity index (χ3n) is 4.55. The first kappa shape index (κ1) is 17.7. The molecule has 1 N–H and O–H groups in total. The van der Waals surface area contributed by atoms with Gasteiger partial charge in [0.15, 0.2) is 0 Å². The highest BCUT2D eigenvalue weighted by atomic mass is 35.5. The van der Waals surface area contributed by atoms with Crippen molar-refractivity contribution < 1.29 is 4.79 Å². The number of amides is 1. The van der Waals surface area contributed by atoms with Crippen molar-refractivity contribution in [3.05, 3.63) is 46.4 Å². The molecule has 0 spiro atoms. The summed E-state index contributed by atoms with van der Waals surface area (Å²) < 4.78 is 0. The maximum Gasteiger partial charge on any atom is 0.274 e. The summed E-state index contributed by atoms with van der Waals surface area (Å²) in [7, 11) is 0. The second kappa shape index (κ2) is 7.40. The molecule has 2 heterocycles. The lowest BCUT2D eigenvalue weighted by atomic mass is 10.0. The Morgan fingerprint density at radius 3 is 2.88 bits per heavy atom. The van der Waals surface area contributed by atoms with Crippen molar-refractivity contribution in [3.8, 4) is 0 Å². The first-order chi connectivity index (χ1) is 11.9. The van der Waals surface area contributed by atoms with E-state index >= 15 is 0 Å². The lowest BCUT2D eigenvalue weighted by Crippen LogP contribution is -2.35. The van der Waals surface area contributed by atoms with Crippen LogP contribution in [0.2, 0.25) is 5.02 Å². The summed E-state index contributed by atoms with van der Waals surface area (Å²) in [5.74, 6) is 1.81. The van der Waals surface area contributed by atoms with Gasteiger partial charge in [0.2, 0.25) is 0 Å². The number of aromatic nitrogens is 2. The predicted molar refractivity (Wildman–Crippen MR) is 102 cm³/mol. The largest absolute Gasteiger partial charge is 0.356 e. The SMILES string of the molecule is Cc1nc(C(=O)Nc2cccc(Cl)c2C)cc(N2CCCC(C)C2)n1. The van der Waals surface area contributed by atoms with E-state index in [1.165, 1.54) is 6.42 Å². The molecule has 25 heavy (non-hydrogen) atoms. The van der Waals surface area contributed by atoms with Gasteiger partial charge in [-0.3, -0.25) is 4.79 Å². The van der Waals surface area contributed by atoms with E-state index in [4.69, 9.17) is 11.6 Å². The van der Waals surface area contributed by atoms with Gasteiger partial charge in [0.05, 0.1) is 0 Å². The fourth-order valence-electron chi connectivity index (χ4n) is 3.16. The second-order valence-electron chi connectivity index (χ2n) is 6.72. The van der Waals surface area contributed by atoms with E-state index < -0.39 is 0 Å². The average molecular weight is 359 g/mol. The Labute approximate surface area is 153 Å². The summed E-state index contributed by atoms with van der Waals surface area (Å²) in [5, 5.41) is 3.53. The number of rotatable bonds is 3. The van der Waals surface area contributed by atoms with Crippen molar-refractivity contribution >= 4 is 29.0 Å². The molecule has 1 aromatic carbocycles. The van der Waals surface area contributed by atoms with Gasteiger partial charge in [0.25, 0.3) is 5.91 Å². The molecule has 1 atom stereocenters. The van der Waals surface area contributed by atoms with Crippen LogP contribution in [0.25, 0.3) is 0 Å². The number of nitrogens with zero attached hydrogens (tertiary/aromatic N) is 3. The molecule has 2 aromatic rings. The maximum absolute atomic E-state index is 12.7. The highest BCUT2D eigenvalue weighted by molar-refractivity contribution is 6.31. The lowest BCUT2D eigenvalue weighted by Gasteiger charge is -2.32. The van der Waals surface area contributed by atoms with Crippen molar-refractivity contribution in [1.82, 2.24) is 9.97 Å². The quantitative estimate of drug-likeness (QED) is 0.891. The standard InChI is InChI=1S/C19H23ClN4O/c1-12-6-5-9-24(11-12)18-10-17(21-14(3)22-18)19(25)23-16-8-4-7-15(20)13(16)2/h4,7-8,10,12H,5-6,9,11H2,1-3H3,(H,23,25). The number of halogens is 1. The summed E-state index contributed by atoms with van der Waals surface area (Å²) in [4.78, 5) is 23.7. The van der Waals surface area contributed by atoms with Gasteiger partial charge >= 0.3 is 0 Å². The smallest absolute Gasteiger partial charge is 0.274 e. The van der Waals surface area contributed by atoms with E-state index in [-0.39, 0.29) is 5.91 Å². The number of anilines is 2. The van der Waals surface area contributed by atoms with Crippen molar-refractivity contribution in [2.24, 2.45) is 5.92 Å². The van der Waals surface area contributed by atoms with Crippen LogP contribution in [0.5, 0.6) is 0 Å². The lowest BCUT2D eigenvalue weighted by molar-refractivity contribution is 0.102. The van der Waals surface area contributed by atoms with Crippen molar-refractivity contribution in [1.29, 1.82) is 0 Å². The van der Waals surface area contributed by atoms with Gasteiger partial charge in [-0.05, 0) is 50.3 Å². The minimum atomic E-state index is -0.248. The molecule has 0 radical (unpaired) electrons. The van der Waals surface area contributed by atoms with E-state index in [1.807, 2.05) is 26.0 Å². The zero-order valence-corrected chi connectivity index (χ0v) is 15.6. The van der Waals surface area contributed by atoms with Crippen molar-refractivity contribution in [2.45, 2.75) is 33.6 Å². The van der Waals surface area contributed by atoms with Crippen LogP contribution >= 0.6 is 11.6 Å². The molecular formula is C19H23ClN4O. The zero-order chi connectivity index (χ0) is 18.0. The summed E-state index contributed by atoms with van der Waals surface area (Å²) in [6.45, 7) is 7.87. The molecular weight excluding hydrogens is 336 g/mol. The monoisotopic (exact) mass is 358 g/mol. The van der Waals surface area contributed by atoms with E-state index in [0.717, 1.165) is 30.9 Å². The van der Waals surface area contributed by atoms with Crippen LogP contribution in [0.4, 0.5) is 11.5 Å². The summed E-state index contributed by atoms with van der Waals surface area (Å²) in [5.41, 5.74) is 1.91. The summed E-state index contributed by atoms with van der Waals surface area (Å²) in [6, 6.07) is 7.23. The molecule has 1 aliphatic heterocycles. The van der Waals surface area contributed by atoms with Gasteiger partial charge in [-0.2, -0.15) is 0 Å². The molecule has 0 saturated carbocycles. The molecule has 1 aliphatic rings. The third kappa shape index (κ3) is 4.10. The van der Waals surface area contributed by atoms with E-state index in [1.54, 1.807) is 12.1 Å². The number of benzene rings is 1. The first-order valence-corrected chi connectivity index (χ1v) is 8.99. The average Bonchev–Trinajstić information content (AvgIpc) is 2.58.